The minimum atomic E-state index is -5.48. The van der Waals surface area contributed by atoms with Crippen molar-refractivity contribution >= 4 is 29.3 Å². The molecule has 2 amide bonds. The predicted octanol–water partition coefficient (Wildman–Crippen LogP) is 5.05. The molecule has 0 aromatic heterocycles. The van der Waals surface area contributed by atoms with Gasteiger partial charge in [-0.3, -0.25) is 19.4 Å². The monoisotopic (exact) mass is 583 g/mol. The third kappa shape index (κ3) is 7.87. The number of esters is 1. The fraction of sp³-hybridized carbons (Fsp3) is 0.464. The first-order valence-corrected chi connectivity index (χ1v) is 13.0. The summed E-state index contributed by atoms with van der Waals surface area (Å²) in [7, 11) is 0. The Morgan fingerprint density at radius 2 is 1.80 bits per heavy atom. The van der Waals surface area contributed by atoms with Crippen LogP contribution in [0.2, 0.25) is 0 Å². The van der Waals surface area contributed by atoms with Gasteiger partial charge in [-0.1, -0.05) is 37.3 Å². The summed E-state index contributed by atoms with van der Waals surface area (Å²) in [5.41, 5.74) is -1.81. The fourth-order valence-corrected chi connectivity index (χ4v) is 4.45. The molecule has 9 nitrogen and oxygen atoms in total. The lowest BCUT2D eigenvalue weighted by molar-refractivity contribution is -0.171. The quantitative estimate of drug-likeness (QED) is 0.229. The number of benzene rings is 2. The van der Waals surface area contributed by atoms with E-state index < -0.39 is 59.6 Å². The van der Waals surface area contributed by atoms with Crippen molar-refractivity contribution < 1.29 is 46.5 Å². The Kier molecular flexibility index (Phi) is 9.85. The van der Waals surface area contributed by atoms with Crippen LogP contribution < -0.4 is 19.9 Å². The maximum Gasteiger partial charge on any atom is 0.471 e. The number of amides is 2. The van der Waals surface area contributed by atoms with E-state index >= 15 is 4.39 Å². The molecule has 0 saturated heterocycles. The zero-order chi connectivity index (χ0) is 30.5. The van der Waals surface area contributed by atoms with E-state index in [9.17, 15) is 32.7 Å². The average Bonchev–Trinajstić information content (AvgIpc) is 3.24. The van der Waals surface area contributed by atoms with E-state index in [2.05, 4.69) is 5.32 Å². The van der Waals surface area contributed by atoms with E-state index in [4.69, 9.17) is 9.47 Å². The van der Waals surface area contributed by atoms with Gasteiger partial charge in [0.15, 0.2) is 5.82 Å². The highest BCUT2D eigenvalue weighted by Crippen LogP contribution is 2.45. The zero-order valence-corrected chi connectivity index (χ0v) is 23.2. The van der Waals surface area contributed by atoms with Gasteiger partial charge in [-0.15, -0.1) is 0 Å². The van der Waals surface area contributed by atoms with Gasteiger partial charge in [0.25, 0.3) is 0 Å². The highest BCUT2D eigenvalue weighted by molar-refractivity contribution is 6.03. The Labute approximate surface area is 235 Å². The third-order valence-electron chi connectivity index (χ3n) is 6.06. The molecular weight excluding hydrogens is 550 g/mol. The molecule has 0 bridgehead atoms. The molecule has 2 aromatic carbocycles. The van der Waals surface area contributed by atoms with E-state index in [-0.39, 0.29) is 35.7 Å². The Morgan fingerprint density at radius 1 is 1.15 bits per heavy atom. The molecule has 41 heavy (non-hydrogen) atoms. The van der Waals surface area contributed by atoms with Gasteiger partial charge in [-0.05, 0) is 45.7 Å². The Balaban J connectivity index is 2.18. The second-order valence-corrected chi connectivity index (χ2v) is 10.5. The van der Waals surface area contributed by atoms with Crippen LogP contribution >= 0.6 is 0 Å². The van der Waals surface area contributed by atoms with Gasteiger partial charge in [0.1, 0.15) is 30.2 Å². The van der Waals surface area contributed by atoms with E-state index in [0.717, 1.165) is 17.4 Å². The maximum absolute atomic E-state index is 16.3. The summed E-state index contributed by atoms with van der Waals surface area (Å²) in [6.07, 6.45) is -6.31. The number of nitrogens with one attached hydrogen (secondary N) is 1. The number of halogens is 4. The number of carboxylic acid groups (broad SMARTS) is 1. The summed E-state index contributed by atoms with van der Waals surface area (Å²) >= 11 is 0. The molecule has 0 aliphatic carbocycles. The fourth-order valence-electron chi connectivity index (χ4n) is 4.45. The third-order valence-corrected chi connectivity index (χ3v) is 6.06. The minimum absolute atomic E-state index is 0.0578. The summed E-state index contributed by atoms with van der Waals surface area (Å²) in [5, 5.41) is 13.0. The Bertz CT molecular complexity index is 1260. The van der Waals surface area contributed by atoms with Crippen molar-refractivity contribution in [3.8, 4) is 5.75 Å². The molecule has 0 saturated carbocycles. The van der Waals surface area contributed by atoms with Crippen LogP contribution in [0.4, 0.5) is 33.7 Å². The molecule has 1 heterocycles. The van der Waals surface area contributed by atoms with Crippen LogP contribution in [0.15, 0.2) is 36.4 Å². The van der Waals surface area contributed by atoms with Crippen LogP contribution in [0.3, 0.4) is 0 Å². The van der Waals surface area contributed by atoms with Gasteiger partial charge < -0.3 is 19.9 Å². The molecule has 3 rings (SSSR count). The molecule has 2 N–H and O–H groups in total. The largest absolute Gasteiger partial charge is 0.487 e. The SMILES string of the molecule is CCCNC[C@H]1Cc2c(cc(OCc3ccccc3)c(N(CC(=O)OC(C)(C)C)C(=O)C(F)(F)F)c2F)N1C(=O)O. The number of carbonyl (C=O) groups excluding carboxylic acids is 2. The van der Waals surface area contributed by atoms with Crippen LogP contribution in [0.5, 0.6) is 5.75 Å². The van der Waals surface area contributed by atoms with Crippen LogP contribution in [0.25, 0.3) is 0 Å². The second kappa shape index (κ2) is 12.8. The summed E-state index contributed by atoms with van der Waals surface area (Å²) in [5.74, 6) is -5.56. The molecule has 224 valence electrons. The molecule has 0 fully saturated rings. The highest BCUT2D eigenvalue weighted by Gasteiger charge is 2.47. The smallest absolute Gasteiger partial charge is 0.471 e. The van der Waals surface area contributed by atoms with Crippen molar-refractivity contribution in [2.75, 3.05) is 29.4 Å². The van der Waals surface area contributed by atoms with Gasteiger partial charge in [0.2, 0.25) is 0 Å². The molecule has 0 radical (unpaired) electrons. The summed E-state index contributed by atoms with van der Waals surface area (Å²) in [6, 6.07) is 8.72. The van der Waals surface area contributed by atoms with Gasteiger partial charge in [0.05, 0.1) is 11.7 Å². The van der Waals surface area contributed by atoms with Crippen molar-refractivity contribution in [3.05, 3.63) is 53.3 Å². The van der Waals surface area contributed by atoms with Crippen molar-refractivity contribution in [1.82, 2.24) is 5.32 Å². The summed E-state index contributed by atoms with van der Waals surface area (Å²) in [6.45, 7) is 5.55. The number of carbonyl (C=O) groups is 3. The number of hydrogen-bond donors (Lipinski definition) is 2. The van der Waals surface area contributed by atoms with E-state index in [1.54, 1.807) is 30.3 Å². The molecule has 1 aliphatic rings. The molecule has 1 atom stereocenters. The minimum Gasteiger partial charge on any atom is -0.487 e. The van der Waals surface area contributed by atoms with E-state index in [0.29, 0.717) is 12.1 Å². The first kappa shape index (κ1) is 31.7. The van der Waals surface area contributed by atoms with Crippen molar-refractivity contribution in [3.63, 3.8) is 0 Å². The zero-order valence-electron chi connectivity index (χ0n) is 23.2. The maximum atomic E-state index is 16.3. The lowest BCUT2D eigenvalue weighted by atomic mass is 10.1. The number of ether oxygens (including phenoxy) is 2. The average molecular weight is 584 g/mol. The van der Waals surface area contributed by atoms with Crippen molar-refractivity contribution in [2.45, 2.75) is 65.0 Å². The number of rotatable bonds is 10. The van der Waals surface area contributed by atoms with Gasteiger partial charge in [-0.2, -0.15) is 13.2 Å². The van der Waals surface area contributed by atoms with Gasteiger partial charge in [0, 0.05) is 18.2 Å². The van der Waals surface area contributed by atoms with Crippen LogP contribution in [0.1, 0.15) is 45.2 Å². The number of alkyl halides is 3. The van der Waals surface area contributed by atoms with Gasteiger partial charge >= 0.3 is 24.1 Å². The van der Waals surface area contributed by atoms with Crippen LogP contribution in [-0.2, 0) is 27.4 Å². The number of nitrogens with zero attached hydrogens (tertiary/aromatic N) is 2. The summed E-state index contributed by atoms with van der Waals surface area (Å²) < 4.78 is 68.4. The molecule has 1 aliphatic heterocycles. The topological polar surface area (TPSA) is 108 Å². The second-order valence-electron chi connectivity index (χ2n) is 10.5. The molecule has 13 heteroatoms. The first-order chi connectivity index (χ1) is 19.1. The highest BCUT2D eigenvalue weighted by atomic mass is 19.4. The molecule has 0 unspecified atom stereocenters. The number of hydrogen-bond acceptors (Lipinski definition) is 6. The van der Waals surface area contributed by atoms with Crippen molar-refractivity contribution in [2.24, 2.45) is 0 Å². The molecule has 0 spiro atoms. The van der Waals surface area contributed by atoms with Crippen LogP contribution in [0, 0.1) is 5.82 Å². The normalized spacial score (nSPS) is 14.9. The van der Waals surface area contributed by atoms with E-state index in [1.807, 2.05) is 6.92 Å². The Hall–Kier alpha value is -3.87. The lowest BCUT2D eigenvalue weighted by Crippen LogP contribution is -2.46. The first-order valence-electron chi connectivity index (χ1n) is 13.0. The van der Waals surface area contributed by atoms with E-state index in [1.165, 1.54) is 20.8 Å². The number of anilines is 2. The number of fused-ring (bicyclic) bond motifs is 1. The predicted molar refractivity (Wildman–Crippen MR) is 143 cm³/mol. The lowest BCUT2D eigenvalue weighted by Gasteiger charge is -2.28. The Morgan fingerprint density at radius 3 is 2.37 bits per heavy atom. The molecular formula is C28H33F4N3O6. The standard InChI is InChI=1S/C28H33F4N3O6/c1-5-11-33-14-18-12-19-20(35(18)26(38)39)13-21(40-16-17-9-7-6-8-10-17)24(23(19)29)34(25(37)28(30,31)32)15-22(36)41-27(2,3)4/h6-10,13,18,33H,5,11-12,14-16H2,1-4H3,(H,38,39)/t18-/m1/s1. The molecule has 2 aromatic rings. The van der Waals surface area contributed by atoms with Gasteiger partial charge in [-0.25, -0.2) is 9.18 Å². The van der Waals surface area contributed by atoms with Crippen LogP contribution in [-0.4, -0.2) is 60.5 Å². The van der Waals surface area contributed by atoms with Crippen molar-refractivity contribution in [1.29, 1.82) is 0 Å². The summed E-state index contributed by atoms with van der Waals surface area (Å²) in [4.78, 5) is 38.3.